The van der Waals surface area contributed by atoms with Crippen LogP contribution in [0.3, 0.4) is 0 Å². The predicted molar refractivity (Wildman–Crippen MR) is 71.8 cm³/mol. The van der Waals surface area contributed by atoms with Crippen LogP contribution in [0.4, 0.5) is 5.69 Å². The Morgan fingerprint density at radius 2 is 2.28 bits per heavy atom. The highest BCUT2D eigenvalue weighted by molar-refractivity contribution is 5.99. The highest BCUT2D eigenvalue weighted by Crippen LogP contribution is 2.11. The molecule has 0 saturated carbocycles. The number of carbonyl (C=O) groups excluding carboxylic acids is 1. The minimum Gasteiger partial charge on any atom is -0.387 e. The van der Waals surface area contributed by atoms with E-state index in [9.17, 15) is 4.79 Å². The molecule has 0 bridgehead atoms. The van der Waals surface area contributed by atoms with Gasteiger partial charge in [-0.1, -0.05) is 13.3 Å². The van der Waals surface area contributed by atoms with Gasteiger partial charge in [0.1, 0.15) is 0 Å². The summed E-state index contributed by atoms with van der Waals surface area (Å²) in [7, 11) is 1.78. The van der Waals surface area contributed by atoms with Crippen LogP contribution in [0, 0.1) is 0 Å². The number of carbonyl (C=O) groups is 1. The van der Waals surface area contributed by atoms with E-state index in [1.54, 1.807) is 25.5 Å². The van der Waals surface area contributed by atoms with Gasteiger partial charge in [-0.2, -0.15) is 0 Å². The quantitative estimate of drug-likeness (QED) is 0.690. The summed E-state index contributed by atoms with van der Waals surface area (Å²) < 4.78 is 5.37. The SMILES string of the molecule is CCCCOCCNC(=O)c1cnccc1NC. The molecule has 1 rings (SSSR count). The van der Waals surface area contributed by atoms with Crippen molar-refractivity contribution in [2.45, 2.75) is 19.8 Å². The summed E-state index contributed by atoms with van der Waals surface area (Å²) in [6.07, 6.45) is 5.38. The van der Waals surface area contributed by atoms with Crippen molar-refractivity contribution >= 4 is 11.6 Å². The van der Waals surface area contributed by atoms with E-state index in [1.807, 2.05) is 0 Å². The first-order valence-electron chi connectivity index (χ1n) is 6.27. The number of ether oxygens (including phenoxy) is 1. The van der Waals surface area contributed by atoms with Crippen molar-refractivity contribution < 1.29 is 9.53 Å². The molecule has 0 aliphatic rings. The van der Waals surface area contributed by atoms with Gasteiger partial charge in [-0.05, 0) is 12.5 Å². The molecule has 1 amide bonds. The smallest absolute Gasteiger partial charge is 0.255 e. The molecular weight excluding hydrogens is 230 g/mol. The Morgan fingerprint density at radius 3 is 3.00 bits per heavy atom. The molecule has 0 spiro atoms. The van der Waals surface area contributed by atoms with Crippen molar-refractivity contribution in [1.29, 1.82) is 0 Å². The summed E-state index contributed by atoms with van der Waals surface area (Å²) in [6, 6.07) is 1.77. The summed E-state index contributed by atoms with van der Waals surface area (Å²) in [6.45, 7) is 3.93. The molecule has 0 fully saturated rings. The summed E-state index contributed by atoms with van der Waals surface area (Å²) in [4.78, 5) is 15.8. The number of nitrogens with zero attached hydrogens (tertiary/aromatic N) is 1. The minimum atomic E-state index is -0.133. The number of hydrogen-bond donors (Lipinski definition) is 2. The second kappa shape index (κ2) is 8.47. The minimum absolute atomic E-state index is 0.133. The van der Waals surface area contributed by atoms with Crippen LogP contribution >= 0.6 is 0 Å². The average molecular weight is 251 g/mol. The lowest BCUT2D eigenvalue weighted by Crippen LogP contribution is -2.28. The highest BCUT2D eigenvalue weighted by atomic mass is 16.5. The monoisotopic (exact) mass is 251 g/mol. The zero-order valence-electron chi connectivity index (χ0n) is 11.0. The van der Waals surface area contributed by atoms with Crippen molar-refractivity contribution in [2.24, 2.45) is 0 Å². The van der Waals surface area contributed by atoms with Gasteiger partial charge in [0.05, 0.1) is 12.2 Å². The molecule has 0 saturated heterocycles. The maximum atomic E-state index is 11.9. The molecule has 1 aromatic heterocycles. The summed E-state index contributed by atoms with van der Waals surface area (Å²) >= 11 is 0. The van der Waals surface area contributed by atoms with Crippen LogP contribution in [-0.2, 0) is 4.74 Å². The first-order valence-corrected chi connectivity index (χ1v) is 6.27. The third-order valence-corrected chi connectivity index (χ3v) is 2.51. The first-order chi connectivity index (χ1) is 8.79. The van der Waals surface area contributed by atoms with Crippen molar-refractivity contribution in [3.8, 4) is 0 Å². The zero-order valence-corrected chi connectivity index (χ0v) is 11.0. The molecule has 5 heteroatoms. The van der Waals surface area contributed by atoms with Crippen molar-refractivity contribution in [1.82, 2.24) is 10.3 Å². The number of nitrogens with one attached hydrogen (secondary N) is 2. The molecule has 0 unspecified atom stereocenters. The number of rotatable bonds is 8. The number of amides is 1. The van der Waals surface area contributed by atoms with E-state index >= 15 is 0 Å². The zero-order chi connectivity index (χ0) is 13.2. The third-order valence-electron chi connectivity index (χ3n) is 2.51. The van der Waals surface area contributed by atoms with Crippen molar-refractivity contribution in [3.63, 3.8) is 0 Å². The molecule has 5 nitrogen and oxygen atoms in total. The van der Waals surface area contributed by atoms with E-state index in [0.717, 1.165) is 25.1 Å². The Balaban J connectivity index is 2.32. The van der Waals surface area contributed by atoms with Crippen LogP contribution in [0.15, 0.2) is 18.5 Å². The Hall–Kier alpha value is -1.62. The molecule has 100 valence electrons. The van der Waals surface area contributed by atoms with E-state index in [4.69, 9.17) is 4.74 Å². The molecular formula is C13H21N3O2. The Bertz CT molecular complexity index is 369. The van der Waals surface area contributed by atoms with Gasteiger partial charge in [0.2, 0.25) is 0 Å². The third kappa shape index (κ3) is 4.71. The lowest BCUT2D eigenvalue weighted by molar-refractivity contribution is 0.0913. The molecule has 0 aromatic carbocycles. The van der Waals surface area contributed by atoms with E-state index in [1.165, 1.54) is 0 Å². The fourth-order valence-electron chi connectivity index (χ4n) is 1.47. The topological polar surface area (TPSA) is 63.2 Å². The summed E-state index contributed by atoms with van der Waals surface area (Å²) in [5, 5.41) is 5.77. The van der Waals surface area contributed by atoms with Gasteiger partial charge in [-0.15, -0.1) is 0 Å². The maximum absolute atomic E-state index is 11.9. The largest absolute Gasteiger partial charge is 0.387 e. The molecule has 0 atom stereocenters. The van der Waals surface area contributed by atoms with Gasteiger partial charge in [-0.25, -0.2) is 0 Å². The molecule has 0 aliphatic heterocycles. The van der Waals surface area contributed by atoms with Crippen LogP contribution in [0.1, 0.15) is 30.1 Å². The fraction of sp³-hybridized carbons (Fsp3) is 0.538. The number of aromatic nitrogens is 1. The van der Waals surface area contributed by atoms with Crippen LogP contribution in [-0.4, -0.2) is 37.7 Å². The van der Waals surface area contributed by atoms with Crippen LogP contribution in [0.2, 0.25) is 0 Å². The van der Waals surface area contributed by atoms with Gasteiger partial charge in [0.25, 0.3) is 5.91 Å². The van der Waals surface area contributed by atoms with Crippen molar-refractivity contribution in [3.05, 3.63) is 24.0 Å². The molecule has 18 heavy (non-hydrogen) atoms. The Labute approximate surface area is 108 Å². The Morgan fingerprint density at radius 1 is 1.44 bits per heavy atom. The van der Waals surface area contributed by atoms with Gasteiger partial charge in [0, 0.05) is 38.3 Å². The maximum Gasteiger partial charge on any atom is 0.255 e. The van der Waals surface area contributed by atoms with Crippen LogP contribution in [0.5, 0.6) is 0 Å². The first kappa shape index (κ1) is 14.4. The van der Waals surface area contributed by atoms with Crippen molar-refractivity contribution in [2.75, 3.05) is 32.1 Å². The lowest BCUT2D eigenvalue weighted by atomic mass is 10.2. The Kier molecular flexibility index (Phi) is 6.79. The van der Waals surface area contributed by atoms with E-state index in [0.29, 0.717) is 18.7 Å². The van der Waals surface area contributed by atoms with Crippen LogP contribution in [0.25, 0.3) is 0 Å². The lowest BCUT2D eigenvalue weighted by Gasteiger charge is -2.09. The highest BCUT2D eigenvalue weighted by Gasteiger charge is 2.09. The predicted octanol–water partition coefficient (Wildman–Crippen LogP) is 1.67. The number of hydrogen-bond acceptors (Lipinski definition) is 4. The van der Waals surface area contributed by atoms with E-state index < -0.39 is 0 Å². The molecule has 1 heterocycles. The van der Waals surface area contributed by atoms with Gasteiger partial charge in [0.15, 0.2) is 0 Å². The molecule has 1 aromatic rings. The average Bonchev–Trinajstić information content (AvgIpc) is 2.42. The molecule has 0 aliphatic carbocycles. The fourth-order valence-corrected chi connectivity index (χ4v) is 1.47. The summed E-state index contributed by atoms with van der Waals surface area (Å²) in [5.41, 5.74) is 1.32. The van der Waals surface area contributed by atoms with Gasteiger partial charge < -0.3 is 15.4 Å². The van der Waals surface area contributed by atoms with Gasteiger partial charge >= 0.3 is 0 Å². The van der Waals surface area contributed by atoms with E-state index in [-0.39, 0.29) is 5.91 Å². The molecule has 2 N–H and O–H groups in total. The normalized spacial score (nSPS) is 10.1. The standard InChI is InChI=1S/C13H21N3O2/c1-3-4-8-18-9-7-16-13(17)11-10-15-6-5-12(11)14-2/h5-6,10H,3-4,7-9H2,1-2H3,(H,14,15)(H,16,17). The van der Waals surface area contributed by atoms with Crippen LogP contribution < -0.4 is 10.6 Å². The van der Waals surface area contributed by atoms with Gasteiger partial charge in [-0.3, -0.25) is 9.78 Å². The number of anilines is 1. The number of pyridine rings is 1. The second-order valence-electron chi connectivity index (χ2n) is 3.89. The number of unbranched alkanes of at least 4 members (excludes halogenated alkanes) is 1. The second-order valence-corrected chi connectivity index (χ2v) is 3.89. The summed E-state index contributed by atoms with van der Waals surface area (Å²) in [5.74, 6) is -0.133. The van der Waals surface area contributed by atoms with E-state index in [2.05, 4.69) is 22.5 Å². The molecule has 0 radical (unpaired) electrons.